The van der Waals surface area contributed by atoms with E-state index in [1.165, 1.54) is 23.7 Å². The van der Waals surface area contributed by atoms with Gasteiger partial charge >= 0.3 is 5.82 Å². The fourth-order valence-electron chi connectivity index (χ4n) is 3.13. The molecule has 0 radical (unpaired) electrons. The van der Waals surface area contributed by atoms with E-state index in [2.05, 4.69) is 5.32 Å². The molecule has 3 N–H and O–H groups in total. The first-order valence-corrected chi connectivity index (χ1v) is 7.46. The molecule has 0 saturated carbocycles. The largest absolute Gasteiger partial charge is 0.399 e. The van der Waals surface area contributed by atoms with E-state index in [0.717, 1.165) is 30.4 Å². The van der Waals surface area contributed by atoms with Gasteiger partial charge in [0, 0.05) is 11.8 Å². The van der Waals surface area contributed by atoms with Crippen LogP contribution >= 0.6 is 12.4 Å². The fraction of sp³-hybridized carbons (Fsp3) is 0.312. The molecule has 0 spiro atoms. The molecule has 0 saturated heterocycles. The van der Waals surface area contributed by atoms with Gasteiger partial charge in [-0.15, -0.1) is 12.4 Å². The molecule has 1 unspecified atom stereocenters. The molecule has 1 atom stereocenters. The summed E-state index contributed by atoms with van der Waals surface area (Å²) in [4.78, 5) is 22.8. The van der Waals surface area contributed by atoms with E-state index >= 15 is 0 Å². The van der Waals surface area contributed by atoms with Crippen LogP contribution in [-0.4, -0.2) is 15.4 Å². The highest BCUT2D eigenvalue weighted by atomic mass is 35.5. The summed E-state index contributed by atoms with van der Waals surface area (Å²) < 4.78 is 1.29. The minimum atomic E-state index is -0.504. The molecule has 1 aliphatic carbocycles. The minimum absolute atomic E-state index is 0. The maximum absolute atomic E-state index is 12.5. The standard InChI is InChI=1S/C16H18N4O3.ClH/c1-19-14(7-8-15(19)20(22)23)16(21)18-13-4-2-3-10-9-11(17)5-6-12(10)13;/h5-9,13H,2-4,17H2,1H3,(H,18,21);1H. The summed E-state index contributed by atoms with van der Waals surface area (Å²) in [5.74, 6) is -0.415. The van der Waals surface area contributed by atoms with Gasteiger partial charge in [0.05, 0.1) is 13.1 Å². The number of nitrogens with two attached hydrogens (primary N) is 1. The summed E-state index contributed by atoms with van der Waals surface area (Å²) in [5, 5.41) is 13.9. The molecule has 128 valence electrons. The molecule has 7 nitrogen and oxygen atoms in total. The lowest BCUT2D eigenvalue weighted by atomic mass is 9.87. The average Bonchev–Trinajstić information content (AvgIpc) is 2.89. The number of aryl methyl sites for hydroxylation is 1. The predicted molar refractivity (Wildman–Crippen MR) is 93.3 cm³/mol. The number of nitrogens with one attached hydrogen (secondary N) is 1. The molecule has 0 fully saturated rings. The van der Waals surface area contributed by atoms with E-state index < -0.39 is 4.92 Å². The van der Waals surface area contributed by atoms with Crippen LogP contribution in [0.2, 0.25) is 0 Å². The minimum Gasteiger partial charge on any atom is -0.399 e. The number of rotatable bonds is 3. The maximum atomic E-state index is 12.5. The summed E-state index contributed by atoms with van der Waals surface area (Å²) in [7, 11) is 1.52. The van der Waals surface area contributed by atoms with Crippen molar-refractivity contribution in [3.63, 3.8) is 0 Å². The van der Waals surface area contributed by atoms with E-state index in [9.17, 15) is 14.9 Å². The van der Waals surface area contributed by atoms with Crippen molar-refractivity contribution in [1.29, 1.82) is 0 Å². The summed E-state index contributed by atoms with van der Waals surface area (Å²) in [6.07, 6.45) is 2.76. The molecule has 8 heteroatoms. The van der Waals surface area contributed by atoms with Crippen molar-refractivity contribution in [2.24, 2.45) is 7.05 Å². The zero-order valence-corrected chi connectivity index (χ0v) is 14.0. The quantitative estimate of drug-likeness (QED) is 0.504. The third-order valence-corrected chi connectivity index (χ3v) is 4.30. The van der Waals surface area contributed by atoms with Crippen molar-refractivity contribution in [3.05, 3.63) is 57.3 Å². The van der Waals surface area contributed by atoms with E-state index in [4.69, 9.17) is 5.73 Å². The van der Waals surface area contributed by atoms with Crippen molar-refractivity contribution in [2.45, 2.75) is 25.3 Å². The van der Waals surface area contributed by atoms with Crippen LogP contribution in [0.1, 0.15) is 40.5 Å². The molecule has 1 aromatic carbocycles. The van der Waals surface area contributed by atoms with E-state index in [1.807, 2.05) is 18.2 Å². The van der Waals surface area contributed by atoms with Gasteiger partial charge in [0.15, 0.2) is 5.69 Å². The Kier molecular flexibility index (Phi) is 5.14. The number of nitrogens with zero attached hydrogens (tertiary/aromatic N) is 2. The third-order valence-electron chi connectivity index (χ3n) is 4.30. The first-order chi connectivity index (χ1) is 11.0. The molecule has 0 aliphatic heterocycles. The molecular weight excluding hydrogens is 332 g/mol. The topological polar surface area (TPSA) is 103 Å². The molecule has 24 heavy (non-hydrogen) atoms. The fourth-order valence-corrected chi connectivity index (χ4v) is 3.13. The lowest BCUT2D eigenvalue weighted by Crippen LogP contribution is -2.32. The number of carbonyl (C=O) groups is 1. The van der Waals surface area contributed by atoms with Gasteiger partial charge in [0.1, 0.15) is 0 Å². The Morgan fingerprint density at radius 3 is 2.79 bits per heavy atom. The molecule has 1 aromatic heterocycles. The number of carbonyl (C=O) groups excluding carboxylic acids is 1. The first-order valence-electron chi connectivity index (χ1n) is 7.46. The van der Waals surface area contributed by atoms with E-state index in [-0.39, 0.29) is 35.9 Å². The van der Waals surface area contributed by atoms with Gasteiger partial charge in [-0.3, -0.25) is 4.79 Å². The number of nitro groups is 1. The third kappa shape index (κ3) is 3.21. The maximum Gasteiger partial charge on any atom is 0.323 e. The predicted octanol–water partition coefficient (Wildman–Crippen LogP) is 2.74. The zero-order chi connectivity index (χ0) is 16.6. The Morgan fingerprint density at radius 1 is 1.38 bits per heavy atom. The van der Waals surface area contributed by atoms with Crippen LogP contribution in [0.5, 0.6) is 0 Å². The number of halogens is 1. The lowest BCUT2D eigenvalue weighted by Gasteiger charge is -2.26. The molecular formula is C16H19ClN4O3. The highest BCUT2D eigenvalue weighted by molar-refractivity contribution is 5.93. The van der Waals surface area contributed by atoms with Gasteiger partial charge < -0.3 is 21.2 Å². The van der Waals surface area contributed by atoms with Crippen molar-refractivity contribution in [1.82, 2.24) is 9.88 Å². The molecule has 3 rings (SSSR count). The molecule has 2 aromatic rings. The van der Waals surface area contributed by atoms with E-state index in [1.54, 1.807) is 0 Å². The van der Waals surface area contributed by atoms with Gasteiger partial charge in [-0.25, -0.2) is 4.57 Å². The average molecular weight is 351 g/mol. The monoisotopic (exact) mass is 350 g/mol. The number of hydrogen-bond acceptors (Lipinski definition) is 4. The van der Waals surface area contributed by atoms with Crippen LogP contribution in [0.3, 0.4) is 0 Å². The van der Waals surface area contributed by atoms with Crippen LogP contribution in [-0.2, 0) is 13.5 Å². The van der Waals surface area contributed by atoms with Crippen molar-refractivity contribution in [2.75, 3.05) is 5.73 Å². The normalized spacial score (nSPS) is 16.0. The Labute approximate surface area is 145 Å². The van der Waals surface area contributed by atoms with Crippen LogP contribution in [0, 0.1) is 10.1 Å². The Bertz CT molecular complexity index is 788. The molecule has 0 bridgehead atoms. The van der Waals surface area contributed by atoms with Gasteiger partial charge in [-0.1, -0.05) is 6.07 Å². The molecule has 1 heterocycles. The summed E-state index contributed by atoms with van der Waals surface area (Å²) >= 11 is 0. The number of fused-ring (bicyclic) bond motifs is 1. The Balaban J connectivity index is 0.00000208. The first kappa shape index (κ1) is 17.8. The van der Waals surface area contributed by atoms with Crippen LogP contribution < -0.4 is 11.1 Å². The van der Waals surface area contributed by atoms with Crippen molar-refractivity contribution in [3.8, 4) is 0 Å². The zero-order valence-electron chi connectivity index (χ0n) is 13.2. The van der Waals surface area contributed by atoms with Gasteiger partial charge in [-0.2, -0.15) is 0 Å². The van der Waals surface area contributed by atoms with Crippen molar-refractivity contribution >= 4 is 29.8 Å². The van der Waals surface area contributed by atoms with E-state index in [0.29, 0.717) is 5.69 Å². The van der Waals surface area contributed by atoms with Crippen LogP contribution in [0.25, 0.3) is 0 Å². The smallest absolute Gasteiger partial charge is 0.323 e. The summed E-state index contributed by atoms with van der Waals surface area (Å²) in [6.45, 7) is 0. The Hall–Kier alpha value is -2.54. The van der Waals surface area contributed by atoms with Crippen molar-refractivity contribution < 1.29 is 9.72 Å². The SMILES string of the molecule is Cl.Cn1c(C(=O)NC2CCCc3cc(N)ccc32)ccc1[N+](=O)[O-]. The number of anilines is 1. The molecule has 1 amide bonds. The Morgan fingerprint density at radius 2 is 2.12 bits per heavy atom. The van der Waals surface area contributed by atoms with Gasteiger partial charge in [-0.05, 0) is 53.5 Å². The second-order valence-electron chi connectivity index (χ2n) is 5.77. The van der Waals surface area contributed by atoms with Crippen LogP contribution in [0.4, 0.5) is 11.5 Å². The highest BCUT2D eigenvalue weighted by Gasteiger charge is 2.26. The number of nitrogen functional groups attached to an aromatic ring is 1. The number of benzene rings is 1. The molecule has 1 aliphatic rings. The number of hydrogen-bond donors (Lipinski definition) is 2. The number of amides is 1. The van der Waals surface area contributed by atoms with Gasteiger partial charge in [0.2, 0.25) is 0 Å². The lowest BCUT2D eigenvalue weighted by molar-refractivity contribution is -0.391. The summed E-state index contributed by atoms with van der Waals surface area (Å²) in [6, 6.07) is 8.44. The number of aromatic nitrogens is 1. The highest BCUT2D eigenvalue weighted by Crippen LogP contribution is 2.31. The van der Waals surface area contributed by atoms with Gasteiger partial charge in [0.25, 0.3) is 5.91 Å². The second-order valence-corrected chi connectivity index (χ2v) is 5.77. The summed E-state index contributed by atoms with van der Waals surface area (Å²) in [5.41, 5.74) is 9.03. The second kappa shape index (κ2) is 6.92. The van der Waals surface area contributed by atoms with Crippen LogP contribution in [0.15, 0.2) is 30.3 Å².